The maximum atomic E-state index is 11.7. The summed E-state index contributed by atoms with van der Waals surface area (Å²) < 4.78 is 5.17. The lowest BCUT2D eigenvalue weighted by Crippen LogP contribution is -2.53. The van der Waals surface area contributed by atoms with Gasteiger partial charge >= 0.3 is 6.09 Å². The number of piperazine rings is 1. The minimum Gasteiger partial charge on any atom is -0.444 e. The van der Waals surface area contributed by atoms with Gasteiger partial charge in [-0.25, -0.2) is 4.79 Å². The van der Waals surface area contributed by atoms with Gasteiger partial charge in [-0.1, -0.05) is 0 Å². The summed E-state index contributed by atoms with van der Waals surface area (Å²) in [6.45, 7) is 11.5. The van der Waals surface area contributed by atoms with Crippen LogP contribution in [0.25, 0.3) is 0 Å². The second kappa shape index (κ2) is 7.61. The second-order valence-electron chi connectivity index (χ2n) is 6.38. The first-order chi connectivity index (χ1) is 9.69. The lowest BCUT2D eigenvalue weighted by Gasteiger charge is -2.35. The number of ether oxygens (including phenoxy) is 1. The predicted octanol–water partition coefficient (Wildman–Crippen LogP) is 0.00250. The van der Waals surface area contributed by atoms with Crippen LogP contribution in [-0.2, 0) is 9.53 Å². The van der Waals surface area contributed by atoms with E-state index in [0.29, 0.717) is 19.6 Å². The third-order valence-electron chi connectivity index (χ3n) is 3.17. The maximum Gasteiger partial charge on any atom is 0.407 e. The fraction of sp³-hybridized carbons (Fsp3) is 0.857. The van der Waals surface area contributed by atoms with E-state index < -0.39 is 17.7 Å². The molecule has 2 amide bonds. The van der Waals surface area contributed by atoms with Crippen LogP contribution < -0.4 is 11.1 Å². The van der Waals surface area contributed by atoms with Crippen molar-refractivity contribution in [2.24, 2.45) is 5.73 Å². The van der Waals surface area contributed by atoms with Crippen molar-refractivity contribution in [3.8, 4) is 0 Å². The summed E-state index contributed by atoms with van der Waals surface area (Å²) in [5, 5.41) is 2.74. The molecule has 1 unspecified atom stereocenters. The molecule has 1 heterocycles. The first-order valence-electron chi connectivity index (χ1n) is 7.42. The summed E-state index contributed by atoms with van der Waals surface area (Å²) in [5.41, 5.74) is 5.12. The number of alkyl carbamates (subject to hydrolysis) is 1. The molecule has 0 aliphatic carbocycles. The molecule has 1 fully saturated rings. The monoisotopic (exact) mass is 300 g/mol. The van der Waals surface area contributed by atoms with Gasteiger partial charge in [0, 0.05) is 39.3 Å². The molecule has 0 aromatic rings. The van der Waals surface area contributed by atoms with Crippen LogP contribution in [-0.4, -0.2) is 72.7 Å². The fourth-order valence-corrected chi connectivity index (χ4v) is 2.11. The number of nitrogens with zero attached hydrogens (tertiary/aromatic N) is 2. The van der Waals surface area contributed by atoms with E-state index >= 15 is 0 Å². The van der Waals surface area contributed by atoms with Crippen molar-refractivity contribution >= 4 is 12.0 Å². The number of carbonyl (C=O) groups is 2. The van der Waals surface area contributed by atoms with Crippen molar-refractivity contribution < 1.29 is 14.3 Å². The summed E-state index contributed by atoms with van der Waals surface area (Å²) in [5.74, 6) is 0.00142. The largest absolute Gasteiger partial charge is 0.444 e. The van der Waals surface area contributed by atoms with Crippen LogP contribution in [0.15, 0.2) is 0 Å². The number of hydrogen-bond acceptors (Lipinski definition) is 5. The van der Waals surface area contributed by atoms with Crippen molar-refractivity contribution in [2.45, 2.75) is 39.3 Å². The standard InChI is InChI=1S/C14H28N4O3/c1-11(15)12(19)18-9-7-17(8-10-18)6-5-16-13(20)21-14(2,3)4/h11H,5-10,15H2,1-4H3,(H,16,20). The normalized spacial score (nSPS) is 18.2. The Morgan fingerprint density at radius 1 is 1.24 bits per heavy atom. The van der Waals surface area contributed by atoms with E-state index in [2.05, 4.69) is 10.2 Å². The smallest absolute Gasteiger partial charge is 0.407 e. The average molecular weight is 300 g/mol. The van der Waals surface area contributed by atoms with Gasteiger partial charge in [0.2, 0.25) is 5.91 Å². The highest BCUT2D eigenvalue weighted by Crippen LogP contribution is 2.06. The van der Waals surface area contributed by atoms with Gasteiger partial charge in [0.25, 0.3) is 0 Å². The Labute approximate surface area is 126 Å². The molecule has 1 rings (SSSR count). The van der Waals surface area contributed by atoms with Crippen LogP contribution in [0.3, 0.4) is 0 Å². The van der Waals surface area contributed by atoms with Crippen molar-refractivity contribution in [2.75, 3.05) is 39.3 Å². The molecule has 3 N–H and O–H groups in total. The molecule has 7 heteroatoms. The van der Waals surface area contributed by atoms with Gasteiger partial charge in [-0.15, -0.1) is 0 Å². The van der Waals surface area contributed by atoms with Gasteiger partial charge in [0.1, 0.15) is 5.60 Å². The minimum atomic E-state index is -0.477. The van der Waals surface area contributed by atoms with Gasteiger partial charge in [0.15, 0.2) is 0 Å². The average Bonchev–Trinajstić information content (AvgIpc) is 2.36. The summed E-state index contributed by atoms with van der Waals surface area (Å²) in [6, 6.07) is -0.439. The molecule has 0 radical (unpaired) electrons. The quantitative estimate of drug-likeness (QED) is 0.763. The summed E-state index contributed by atoms with van der Waals surface area (Å²) in [4.78, 5) is 27.3. The Hall–Kier alpha value is -1.34. The first-order valence-corrected chi connectivity index (χ1v) is 7.42. The van der Waals surface area contributed by atoms with Crippen LogP contribution in [0.4, 0.5) is 4.79 Å². The van der Waals surface area contributed by atoms with E-state index in [1.165, 1.54) is 0 Å². The Morgan fingerprint density at radius 2 is 1.81 bits per heavy atom. The highest BCUT2D eigenvalue weighted by molar-refractivity contribution is 5.81. The van der Waals surface area contributed by atoms with Gasteiger partial charge in [-0.3, -0.25) is 9.69 Å². The van der Waals surface area contributed by atoms with Crippen LogP contribution in [0.5, 0.6) is 0 Å². The SMILES string of the molecule is CC(N)C(=O)N1CCN(CCNC(=O)OC(C)(C)C)CC1. The van der Waals surface area contributed by atoms with Gasteiger partial charge in [0.05, 0.1) is 6.04 Å². The van der Waals surface area contributed by atoms with E-state index in [1.807, 2.05) is 20.8 Å². The molecule has 7 nitrogen and oxygen atoms in total. The van der Waals surface area contributed by atoms with E-state index in [4.69, 9.17) is 10.5 Å². The summed E-state index contributed by atoms with van der Waals surface area (Å²) in [7, 11) is 0. The van der Waals surface area contributed by atoms with Crippen molar-refractivity contribution in [3.63, 3.8) is 0 Å². The van der Waals surface area contributed by atoms with Crippen molar-refractivity contribution in [1.82, 2.24) is 15.1 Å². The van der Waals surface area contributed by atoms with Crippen LogP contribution in [0, 0.1) is 0 Å². The maximum absolute atomic E-state index is 11.7. The molecule has 1 atom stereocenters. The Morgan fingerprint density at radius 3 is 2.29 bits per heavy atom. The van der Waals surface area contributed by atoms with E-state index in [-0.39, 0.29) is 5.91 Å². The zero-order valence-corrected chi connectivity index (χ0v) is 13.5. The zero-order chi connectivity index (χ0) is 16.0. The second-order valence-corrected chi connectivity index (χ2v) is 6.38. The molecule has 0 bridgehead atoms. The van der Waals surface area contributed by atoms with E-state index in [1.54, 1.807) is 11.8 Å². The van der Waals surface area contributed by atoms with Gasteiger partial charge in [-0.05, 0) is 27.7 Å². The van der Waals surface area contributed by atoms with Crippen molar-refractivity contribution in [3.05, 3.63) is 0 Å². The van der Waals surface area contributed by atoms with Crippen LogP contribution in [0.2, 0.25) is 0 Å². The molecule has 0 saturated carbocycles. The fourth-order valence-electron chi connectivity index (χ4n) is 2.11. The topological polar surface area (TPSA) is 87.9 Å². The molecule has 0 aromatic carbocycles. The zero-order valence-electron chi connectivity index (χ0n) is 13.5. The van der Waals surface area contributed by atoms with Crippen LogP contribution >= 0.6 is 0 Å². The molecule has 1 saturated heterocycles. The summed E-state index contributed by atoms with van der Waals surface area (Å²) >= 11 is 0. The number of rotatable bonds is 4. The van der Waals surface area contributed by atoms with Crippen molar-refractivity contribution in [1.29, 1.82) is 0 Å². The highest BCUT2D eigenvalue weighted by Gasteiger charge is 2.23. The molecule has 1 aliphatic rings. The third kappa shape index (κ3) is 6.77. The third-order valence-corrected chi connectivity index (χ3v) is 3.17. The van der Waals surface area contributed by atoms with Gasteiger partial charge < -0.3 is 20.7 Å². The number of nitrogens with two attached hydrogens (primary N) is 1. The van der Waals surface area contributed by atoms with Gasteiger partial charge in [-0.2, -0.15) is 0 Å². The Bertz CT molecular complexity index is 358. The lowest BCUT2D eigenvalue weighted by molar-refractivity contribution is -0.133. The highest BCUT2D eigenvalue weighted by atomic mass is 16.6. The molecule has 122 valence electrons. The number of nitrogens with one attached hydrogen (secondary N) is 1. The molecule has 21 heavy (non-hydrogen) atoms. The molecular weight excluding hydrogens is 272 g/mol. The molecule has 0 spiro atoms. The summed E-state index contributed by atoms with van der Waals surface area (Å²) in [6.07, 6.45) is -0.395. The number of carbonyl (C=O) groups excluding carboxylic acids is 2. The molecule has 0 aromatic heterocycles. The van der Waals surface area contributed by atoms with Crippen LogP contribution in [0.1, 0.15) is 27.7 Å². The molecular formula is C14H28N4O3. The Balaban J connectivity index is 2.19. The predicted molar refractivity (Wildman–Crippen MR) is 80.9 cm³/mol. The minimum absolute atomic E-state index is 0.00142. The van der Waals surface area contributed by atoms with E-state index in [9.17, 15) is 9.59 Å². The Kier molecular flexibility index (Phi) is 6.42. The molecule has 1 aliphatic heterocycles. The lowest BCUT2D eigenvalue weighted by atomic mass is 10.2. The van der Waals surface area contributed by atoms with E-state index in [0.717, 1.165) is 19.6 Å². The number of amides is 2. The first kappa shape index (κ1) is 17.7. The number of hydrogen-bond donors (Lipinski definition) is 2.